The van der Waals surface area contributed by atoms with E-state index >= 15 is 0 Å². The van der Waals surface area contributed by atoms with Gasteiger partial charge in [0.25, 0.3) is 5.91 Å². The first-order valence-corrected chi connectivity index (χ1v) is 6.50. The monoisotopic (exact) mass is 251 g/mol. The van der Waals surface area contributed by atoms with Crippen molar-refractivity contribution in [3.8, 4) is 0 Å². The normalized spacial score (nSPS) is 20.3. The third-order valence-corrected chi connectivity index (χ3v) is 3.54. The Morgan fingerprint density at radius 2 is 2.33 bits per heavy atom. The van der Waals surface area contributed by atoms with E-state index in [0.29, 0.717) is 29.9 Å². The molecular formula is C13H21N3O2. The molecule has 0 spiro atoms. The Kier molecular flexibility index (Phi) is 4.01. The van der Waals surface area contributed by atoms with Crippen LogP contribution in [0.2, 0.25) is 0 Å². The fraction of sp³-hybridized carbons (Fsp3) is 0.692. The van der Waals surface area contributed by atoms with Gasteiger partial charge in [-0.15, -0.1) is 0 Å². The molecule has 1 aliphatic heterocycles. The van der Waals surface area contributed by atoms with E-state index in [1.165, 1.54) is 19.4 Å². The minimum absolute atomic E-state index is 0.159. The van der Waals surface area contributed by atoms with Gasteiger partial charge in [-0.3, -0.25) is 4.79 Å². The van der Waals surface area contributed by atoms with E-state index in [9.17, 15) is 4.79 Å². The Bertz CT molecular complexity index is 428. The first-order valence-electron chi connectivity index (χ1n) is 6.50. The summed E-state index contributed by atoms with van der Waals surface area (Å²) < 4.78 is 5.29. The van der Waals surface area contributed by atoms with E-state index < -0.39 is 0 Å². The second-order valence-corrected chi connectivity index (χ2v) is 4.97. The van der Waals surface area contributed by atoms with Crippen LogP contribution in [0.25, 0.3) is 0 Å². The average molecular weight is 251 g/mol. The molecule has 1 aromatic heterocycles. The lowest BCUT2D eigenvalue weighted by Crippen LogP contribution is -2.31. The Morgan fingerprint density at radius 3 is 2.89 bits per heavy atom. The molecule has 1 saturated heterocycles. The van der Waals surface area contributed by atoms with Gasteiger partial charge < -0.3 is 14.6 Å². The molecule has 1 fully saturated rings. The van der Waals surface area contributed by atoms with Crippen LogP contribution in [0.1, 0.15) is 41.4 Å². The number of hydrogen-bond acceptors (Lipinski definition) is 4. The standard InChI is InChI=1S/C13H21N3O2/c1-9-12(18-10(2)15-9)13(17)14-7-6-11-5-4-8-16(11)3/h11H,4-8H2,1-3H3,(H,14,17). The molecule has 0 radical (unpaired) electrons. The van der Waals surface area contributed by atoms with Crippen LogP contribution in [0.3, 0.4) is 0 Å². The molecule has 1 aliphatic rings. The molecule has 18 heavy (non-hydrogen) atoms. The molecule has 5 nitrogen and oxygen atoms in total. The summed E-state index contributed by atoms with van der Waals surface area (Å²) in [5, 5.41) is 2.90. The topological polar surface area (TPSA) is 58.4 Å². The maximum Gasteiger partial charge on any atom is 0.289 e. The number of hydrogen-bond donors (Lipinski definition) is 1. The Hall–Kier alpha value is -1.36. The second-order valence-electron chi connectivity index (χ2n) is 4.97. The summed E-state index contributed by atoms with van der Waals surface area (Å²) in [5.74, 6) is 0.717. The SMILES string of the molecule is Cc1nc(C)c(C(=O)NCCC2CCCN2C)o1. The summed E-state index contributed by atoms with van der Waals surface area (Å²) in [5.41, 5.74) is 0.656. The predicted octanol–water partition coefficient (Wildman–Crippen LogP) is 1.51. The van der Waals surface area contributed by atoms with Gasteiger partial charge in [-0.2, -0.15) is 0 Å². The molecule has 0 aliphatic carbocycles. The maximum atomic E-state index is 11.9. The van der Waals surface area contributed by atoms with Crippen LogP contribution >= 0.6 is 0 Å². The minimum Gasteiger partial charge on any atom is -0.436 e. The van der Waals surface area contributed by atoms with E-state index in [4.69, 9.17) is 4.42 Å². The van der Waals surface area contributed by atoms with Crippen molar-refractivity contribution in [3.05, 3.63) is 17.3 Å². The van der Waals surface area contributed by atoms with Crippen LogP contribution in [0, 0.1) is 13.8 Å². The fourth-order valence-electron chi connectivity index (χ4n) is 2.52. The lowest BCUT2D eigenvalue weighted by Gasteiger charge is -2.19. The zero-order chi connectivity index (χ0) is 13.1. The number of carbonyl (C=O) groups excluding carboxylic acids is 1. The number of carbonyl (C=O) groups is 1. The summed E-state index contributed by atoms with van der Waals surface area (Å²) >= 11 is 0. The van der Waals surface area contributed by atoms with Gasteiger partial charge in [0, 0.05) is 19.5 Å². The lowest BCUT2D eigenvalue weighted by atomic mass is 10.1. The van der Waals surface area contributed by atoms with Crippen LogP contribution in [0.15, 0.2) is 4.42 Å². The highest BCUT2D eigenvalue weighted by Gasteiger charge is 2.21. The number of oxazole rings is 1. The van der Waals surface area contributed by atoms with Crippen LogP contribution in [-0.4, -0.2) is 42.0 Å². The molecule has 2 rings (SSSR count). The number of rotatable bonds is 4. The Morgan fingerprint density at radius 1 is 1.56 bits per heavy atom. The summed E-state index contributed by atoms with van der Waals surface area (Å²) in [4.78, 5) is 18.3. The molecule has 2 heterocycles. The van der Waals surface area contributed by atoms with Gasteiger partial charge in [0.15, 0.2) is 5.89 Å². The van der Waals surface area contributed by atoms with Gasteiger partial charge in [0.2, 0.25) is 5.76 Å². The van der Waals surface area contributed by atoms with E-state index in [1.54, 1.807) is 13.8 Å². The highest BCUT2D eigenvalue weighted by molar-refractivity contribution is 5.92. The summed E-state index contributed by atoms with van der Waals surface area (Å²) in [6.07, 6.45) is 3.48. The number of nitrogens with zero attached hydrogens (tertiary/aromatic N) is 2. The second kappa shape index (κ2) is 5.52. The van der Waals surface area contributed by atoms with Gasteiger partial charge >= 0.3 is 0 Å². The summed E-state index contributed by atoms with van der Waals surface area (Å²) in [6.45, 7) is 5.39. The number of nitrogens with one attached hydrogen (secondary N) is 1. The van der Waals surface area contributed by atoms with Gasteiger partial charge in [-0.25, -0.2) is 4.98 Å². The van der Waals surface area contributed by atoms with E-state index in [0.717, 1.165) is 6.42 Å². The molecular weight excluding hydrogens is 230 g/mol. The quantitative estimate of drug-likeness (QED) is 0.881. The van der Waals surface area contributed by atoms with Crippen LogP contribution in [0.4, 0.5) is 0 Å². The number of likely N-dealkylation sites (tertiary alicyclic amines) is 1. The van der Waals surface area contributed by atoms with E-state index in [2.05, 4.69) is 22.2 Å². The van der Waals surface area contributed by atoms with Crippen molar-refractivity contribution in [1.29, 1.82) is 0 Å². The highest BCUT2D eigenvalue weighted by atomic mass is 16.4. The summed E-state index contributed by atoms with van der Waals surface area (Å²) in [6, 6.07) is 0.600. The molecule has 5 heteroatoms. The van der Waals surface area contributed by atoms with Gasteiger partial charge in [0.1, 0.15) is 0 Å². The first kappa shape index (κ1) is 13.1. The minimum atomic E-state index is -0.159. The van der Waals surface area contributed by atoms with Crippen molar-refractivity contribution in [2.75, 3.05) is 20.1 Å². The average Bonchev–Trinajstić information content (AvgIpc) is 2.85. The largest absolute Gasteiger partial charge is 0.436 e. The van der Waals surface area contributed by atoms with Gasteiger partial charge in [-0.1, -0.05) is 0 Å². The third kappa shape index (κ3) is 2.90. The zero-order valence-corrected chi connectivity index (χ0v) is 11.3. The molecule has 0 bridgehead atoms. The van der Waals surface area contributed by atoms with Crippen molar-refractivity contribution in [2.24, 2.45) is 0 Å². The van der Waals surface area contributed by atoms with Gasteiger partial charge in [0.05, 0.1) is 5.69 Å². The molecule has 1 N–H and O–H groups in total. The van der Waals surface area contributed by atoms with Crippen molar-refractivity contribution >= 4 is 5.91 Å². The van der Waals surface area contributed by atoms with E-state index in [-0.39, 0.29) is 5.91 Å². The smallest absolute Gasteiger partial charge is 0.289 e. The van der Waals surface area contributed by atoms with Crippen LogP contribution in [0.5, 0.6) is 0 Å². The third-order valence-electron chi connectivity index (χ3n) is 3.54. The Labute approximate surface area is 108 Å². The predicted molar refractivity (Wildman–Crippen MR) is 68.6 cm³/mol. The lowest BCUT2D eigenvalue weighted by molar-refractivity contribution is 0.0920. The molecule has 1 unspecified atom stereocenters. The maximum absolute atomic E-state index is 11.9. The van der Waals surface area contributed by atoms with Crippen molar-refractivity contribution < 1.29 is 9.21 Å². The fourth-order valence-corrected chi connectivity index (χ4v) is 2.52. The molecule has 0 aromatic carbocycles. The van der Waals surface area contributed by atoms with Crippen LogP contribution < -0.4 is 5.32 Å². The van der Waals surface area contributed by atoms with Crippen LogP contribution in [-0.2, 0) is 0 Å². The van der Waals surface area contributed by atoms with Crippen molar-refractivity contribution in [2.45, 2.75) is 39.2 Å². The molecule has 100 valence electrons. The number of aromatic nitrogens is 1. The summed E-state index contributed by atoms with van der Waals surface area (Å²) in [7, 11) is 2.14. The molecule has 0 saturated carbocycles. The molecule has 1 amide bonds. The zero-order valence-electron chi connectivity index (χ0n) is 11.3. The number of aryl methyl sites for hydroxylation is 2. The molecule has 1 atom stereocenters. The Balaban J connectivity index is 1.80. The van der Waals surface area contributed by atoms with E-state index in [1.807, 2.05) is 0 Å². The van der Waals surface area contributed by atoms with Crippen molar-refractivity contribution in [1.82, 2.24) is 15.2 Å². The number of amides is 1. The molecule has 1 aromatic rings. The van der Waals surface area contributed by atoms with Gasteiger partial charge in [-0.05, 0) is 39.8 Å². The highest BCUT2D eigenvalue weighted by Crippen LogP contribution is 2.17. The van der Waals surface area contributed by atoms with Crippen molar-refractivity contribution in [3.63, 3.8) is 0 Å². The first-order chi connectivity index (χ1) is 8.58.